The lowest BCUT2D eigenvalue weighted by atomic mass is 10.2. The standard InChI is InChI=1S/C19H14Cl2N6OS2/c20-14-7-6-12(10-15(14)21)16-11-30-18(22-16)23-17(28)8-9-29-19-24-25-26-27(19)13-4-2-1-3-5-13/h1-7,10-11H,8-9H2,(H,22,23,28). The van der Waals surface area contributed by atoms with Gasteiger partial charge in [-0.15, -0.1) is 16.4 Å². The van der Waals surface area contributed by atoms with Crippen molar-refractivity contribution in [2.24, 2.45) is 0 Å². The molecule has 30 heavy (non-hydrogen) atoms. The minimum atomic E-state index is -0.128. The van der Waals surface area contributed by atoms with Gasteiger partial charge in [0.15, 0.2) is 5.13 Å². The first-order chi connectivity index (χ1) is 14.6. The number of carbonyl (C=O) groups is 1. The molecule has 11 heteroatoms. The van der Waals surface area contributed by atoms with Crippen LogP contribution in [0.4, 0.5) is 5.13 Å². The van der Waals surface area contributed by atoms with Crippen molar-refractivity contribution in [1.29, 1.82) is 0 Å². The van der Waals surface area contributed by atoms with E-state index in [1.165, 1.54) is 23.1 Å². The van der Waals surface area contributed by atoms with Gasteiger partial charge >= 0.3 is 0 Å². The van der Waals surface area contributed by atoms with Crippen LogP contribution < -0.4 is 5.32 Å². The number of para-hydroxylation sites is 1. The number of benzene rings is 2. The molecule has 1 N–H and O–H groups in total. The number of rotatable bonds is 7. The number of tetrazole rings is 1. The quantitative estimate of drug-likeness (QED) is 0.368. The number of halogens is 2. The maximum atomic E-state index is 12.3. The first-order valence-corrected chi connectivity index (χ1v) is 11.4. The molecule has 0 bridgehead atoms. The van der Waals surface area contributed by atoms with Gasteiger partial charge < -0.3 is 5.32 Å². The summed E-state index contributed by atoms with van der Waals surface area (Å²) in [7, 11) is 0. The van der Waals surface area contributed by atoms with Gasteiger partial charge in [0, 0.05) is 23.1 Å². The molecule has 0 fully saturated rings. The number of carbonyl (C=O) groups excluding carboxylic acids is 1. The zero-order chi connectivity index (χ0) is 20.9. The van der Waals surface area contributed by atoms with Crippen molar-refractivity contribution >= 4 is 57.3 Å². The van der Waals surface area contributed by atoms with Gasteiger partial charge in [-0.3, -0.25) is 4.79 Å². The lowest BCUT2D eigenvalue weighted by Crippen LogP contribution is -2.12. The van der Waals surface area contributed by atoms with Crippen LogP contribution in [0.5, 0.6) is 0 Å². The smallest absolute Gasteiger partial charge is 0.226 e. The Balaban J connectivity index is 1.32. The summed E-state index contributed by atoms with van der Waals surface area (Å²) in [6, 6.07) is 14.9. The molecule has 7 nitrogen and oxygen atoms in total. The van der Waals surface area contributed by atoms with Crippen LogP contribution in [-0.2, 0) is 4.79 Å². The molecule has 0 atom stereocenters. The van der Waals surface area contributed by atoms with Crippen molar-refractivity contribution in [3.63, 3.8) is 0 Å². The van der Waals surface area contributed by atoms with Crippen LogP contribution in [0.25, 0.3) is 16.9 Å². The summed E-state index contributed by atoms with van der Waals surface area (Å²) in [6.45, 7) is 0. The lowest BCUT2D eigenvalue weighted by Gasteiger charge is -2.04. The number of thiazole rings is 1. The van der Waals surface area contributed by atoms with Gasteiger partial charge in [0.25, 0.3) is 0 Å². The third-order valence-electron chi connectivity index (χ3n) is 3.97. The Bertz CT molecular complexity index is 1160. The van der Waals surface area contributed by atoms with E-state index in [0.717, 1.165) is 16.9 Å². The predicted octanol–water partition coefficient (Wildman–Crippen LogP) is 5.21. The molecule has 0 saturated heterocycles. The van der Waals surface area contributed by atoms with Crippen LogP contribution in [0.15, 0.2) is 59.1 Å². The number of amides is 1. The highest BCUT2D eigenvalue weighted by Gasteiger charge is 2.12. The Labute approximate surface area is 190 Å². The van der Waals surface area contributed by atoms with E-state index in [1.807, 2.05) is 41.8 Å². The fraction of sp³-hybridized carbons (Fsp3) is 0.105. The summed E-state index contributed by atoms with van der Waals surface area (Å²) < 4.78 is 1.65. The minimum Gasteiger partial charge on any atom is -0.302 e. The number of hydrogen-bond donors (Lipinski definition) is 1. The molecule has 0 unspecified atom stereocenters. The van der Waals surface area contributed by atoms with Crippen molar-refractivity contribution in [2.75, 3.05) is 11.1 Å². The molecule has 4 aromatic rings. The molecule has 152 valence electrons. The largest absolute Gasteiger partial charge is 0.302 e. The molecule has 2 aromatic carbocycles. The molecule has 2 aromatic heterocycles. The van der Waals surface area contributed by atoms with E-state index in [2.05, 4.69) is 25.8 Å². The van der Waals surface area contributed by atoms with Gasteiger partial charge in [-0.25, -0.2) is 4.98 Å². The monoisotopic (exact) mass is 476 g/mol. The number of nitrogens with zero attached hydrogens (tertiary/aromatic N) is 5. The summed E-state index contributed by atoms with van der Waals surface area (Å²) in [5.41, 5.74) is 2.43. The van der Waals surface area contributed by atoms with Gasteiger partial charge in [0.2, 0.25) is 11.1 Å². The van der Waals surface area contributed by atoms with Crippen molar-refractivity contribution in [2.45, 2.75) is 11.6 Å². The summed E-state index contributed by atoms with van der Waals surface area (Å²) in [5.74, 6) is 0.403. The number of thioether (sulfide) groups is 1. The molecule has 0 aliphatic heterocycles. The first-order valence-electron chi connectivity index (χ1n) is 8.77. The molecule has 0 aliphatic carbocycles. The van der Waals surface area contributed by atoms with Gasteiger partial charge in [-0.05, 0) is 34.7 Å². The molecule has 0 spiro atoms. The SMILES string of the molecule is O=C(CCSc1nnnn1-c1ccccc1)Nc1nc(-c2ccc(Cl)c(Cl)c2)cs1. The van der Waals surface area contributed by atoms with Crippen LogP contribution in [0, 0.1) is 0 Å². The normalized spacial score (nSPS) is 10.9. The van der Waals surface area contributed by atoms with Crippen molar-refractivity contribution < 1.29 is 4.79 Å². The Kier molecular flexibility index (Phi) is 6.63. The molecular formula is C19H14Cl2N6OS2. The second kappa shape index (κ2) is 9.57. The van der Waals surface area contributed by atoms with Crippen molar-refractivity contribution in [1.82, 2.24) is 25.2 Å². The van der Waals surface area contributed by atoms with Crippen molar-refractivity contribution in [3.8, 4) is 16.9 Å². The van der Waals surface area contributed by atoms with E-state index in [1.54, 1.807) is 16.8 Å². The minimum absolute atomic E-state index is 0.128. The zero-order valence-corrected chi connectivity index (χ0v) is 18.5. The van der Waals surface area contributed by atoms with E-state index in [0.29, 0.717) is 32.5 Å². The molecule has 1 amide bonds. The molecule has 0 aliphatic rings. The van der Waals surface area contributed by atoms with Crippen LogP contribution >= 0.6 is 46.3 Å². The van der Waals surface area contributed by atoms with Crippen molar-refractivity contribution in [3.05, 3.63) is 64.0 Å². The third kappa shape index (κ3) is 4.99. The average Bonchev–Trinajstić information content (AvgIpc) is 3.40. The zero-order valence-electron chi connectivity index (χ0n) is 15.3. The van der Waals surface area contributed by atoms with E-state index in [-0.39, 0.29) is 5.91 Å². The second-order valence-corrected chi connectivity index (χ2v) is 8.76. The number of nitrogens with one attached hydrogen (secondary N) is 1. The highest BCUT2D eigenvalue weighted by molar-refractivity contribution is 7.99. The van der Waals surface area contributed by atoms with Gasteiger partial charge in [0.05, 0.1) is 21.4 Å². The summed E-state index contributed by atoms with van der Waals surface area (Å²) >= 11 is 14.8. The number of anilines is 1. The average molecular weight is 477 g/mol. The maximum Gasteiger partial charge on any atom is 0.226 e. The highest BCUT2D eigenvalue weighted by atomic mass is 35.5. The van der Waals surface area contributed by atoms with Gasteiger partial charge in [-0.1, -0.05) is 59.2 Å². The van der Waals surface area contributed by atoms with E-state index >= 15 is 0 Å². The van der Waals surface area contributed by atoms with E-state index in [4.69, 9.17) is 23.2 Å². The molecule has 2 heterocycles. The topological polar surface area (TPSA) is 85.6 Å². The molecule has 4 rings (SSSR count). The van der Waals surface area contributed by atoms with Crippen LogP contribution in [0.3, 0.4) is 0 Å². The Morgan fingerprint density at radius 2 is 1.97 bits per heavy atom. The summed E-state index contributed by atoms with van der Waals surface area (Å²) in [6.07, 6.45) is 0.300. The van der Waals surface area contributed by atoms with Crippen LogP contribution in [0.1, 0.15) is 6.42 Å². The van der Waals surface area contributed by atoms with E-state index in [9.17, 15) is 4.79 Å². The van der Waals surface area contributed by atoms with Crippen LogP contribution in [-0.4, -0.2) is 36.9 Å². The second-order valence-electron chi connectivity index (χ2n) is 6.02. The first kappa shape index (κ1) is 20.8. The molecule has 0 saturated carbocycles. The van der Waals surface area contributed by atoms with E-state index < -0.39 is 0 Å². The fourth-order valence-corrected chi connectivity index (χ4v) is 4.40. The predicted molar refractivity (Wildman–Crippen MR) is 121 cm³/mol. The Morgan fingerprint density at radius 3 is 2.77 bits per heavy atom. The molecular weight excluding hydrogens is 463 g/mol. The summed E-state index contributed by atoms with van der Waals surface area (Å²) in [5, 5.41) is 18.5. The highest BCUT2D eigenvalue weighted by Crippen LogP contribution is 2.30. The fourth-order valence-electron chi connectivity index (χ4n) is 2.54. The maximum absolute atomic E-state index is 12.3. The Morgan fingerprint density at radius 1 is 1.13 bits per heavy atom. The number of aromatic nitrogens is 5. The molecule has 0 radical (unpaired) electrons. The summed E-state index contributed by atoms with van der Waals surface area (Å²) in [4.78, 5) is 16.7. The van der Waals surface area contributed by atoms with Gasteiger partial charge in [-0.2, -0.15) is 4.68 Å². The van der Waals surface area contributed by atoms with Gasteiger partial charge in [0.1, 0.15) is 0 Å². The Hall–Kier alpha value is -2.46. The third-order valence-corrected chi connectivity index (χ3v) is 6.39. The lowest BCUT2D eigenvalue weighted by molar-refractivity contribution is -0.115. The van der Waals surface area contributed by atoms with Crippen LogP contribution in [0.2, 0.25) is 10.0 Å². The number of hydrogen-bond acceptors (Lipinski definition) is 7.